The molecular formula is C12H11BrFNO. The van der Waals surface area contributed by atoms with Gasteiger partial charge in [-0.1, -0.05) is 21.9 Å². The Balaban J connectivity index is 2.95. The van der Waals surface area contributed by atoms with E-state index in [1.807, 2.05) is 0 Å². The molecule has 1 aromatic carbocycles. The van der Waals surface area contributed by atoms with Gasteiger partial charge in [-0.25, -0.2) is 4.39 Å². The molecule has 0 unspecified atom stereocenters. The highest BCUT2D eigenvalue weighted by Gasteiger charge is 2.20. The first-order chi connectivity index (χ1) is 7.35. The van der Waals surface area contributed by atoms with Crippen LogP contribution in [0.4, 0.5) is 4.39 Å². The maximum absolute atomic E-state index is 13.4. The summed E-state index contributed by atoms with van der Waals surface area (Å²) >= 11 is 3.12. The summed E-state index contributed by atoms with van der Waals surface area (Å²) in [5.74, 6) is 1.31. The van der Waals surface area contributed by atoms with Crippen molar-refractivity contribution in [3.63, 3.8) is 0 Å². The predicted molar refractivity (Wildman–Crippen MR) is 64.5 cm³/mol. The minimum atomic E-state index is -0.795. The van der Waals surface area contributed by atoms with Crippen molar-refractivity contribution in [3.8, 4) is 12.3 Å². The summed E-state index contributed by atoms with van der Waals surface area (Å²) in [7, 11) is 0. The number of carbonyl (C=O) groups excluding carboxylic acids is 1. The zero-order valence-corrected chi connectivity index (χ0v) is 10.6. The normalized spacial score (nSPS) is 10.7. The van der Waals surface area contributed by atoms with Crippen molar-refractivity contribution in [2.24, 2.45) is 0 Å². The van der Waals surface area contributed by atoms with Gasteiger partial charge in [-0.05, 0) is 32.0 Å². The maximum atomic E-state index is 13.4. The Kier molecular flexibility index (Phi) is 3.71. The lowest BCUT2D eigenvalue weighted by Gasteiger charge is -2.19. The Morgan fingerprint density at radius 3 is 2.69 bits per heavy atom. The van der Waals surface area contributed by atoms with Gasteiger partial charge in [-0.15, -0.1) is 6.42 Å². The smallest absolute Gasteiger partial charge is 0.255 e. The number of carbonyl (C=O) groups is 1. The van der Waals surface area contributed by atoms with Crippen LogP contribution < -0.4 is 5.32 Å². The average molecular weight is 284 g/mol. The number of rotatable bonds is 2. The maximum Gasteiger partial charge on any atom is 0.255 e. The fourth-order valence-electron chi connectivity index (χ4n) is 1.06. The zero-order valence-electron chi connectivity index (χ0n) is 8.97. The summed E-state index contributed by atoms with van der Waals surface area (Å²) in [5.41, 5.74) is -0.817. The molecule has 2 nitrogen and oxygen atoms in total. The van der Waals surface area contributed by atoms with Gasteiger partial charge in [0.1, 0.15) is 5.82 Å². The molecule has 0 saturated heterocycles. The topological polar surface area (TPSA) is 29.1 Å². The molecule has 4 heteroatoms. The third-order valence-electron chi connectivity index (χ3n) is 1.96. The van der Waals surface area contributed by atoms with Crippen LogP contribution in [0.3, 0.4) is 0 Å². The van der Waals surface area contributed by atoms with Gasteiger partial charge in [0.2, 0.25) is 0 Å². The van der Waals surface area contributed by atoms with Gasteiger partial charge in [-0.2, -0.15) is 0 Å². The van der Waals surface area contributed by atoms with Crippen molar-refractivity contribution >= 4 is 21.8 Å². The Morgan fingerprint density at radius 2 is 2.19 bits per heavy atom. The number of halogens is 2. The number of benzene rings is 1. The number of hydrogen-bond donors (Lipinski definition) is 1. The third kappa shape index (κ3) is 3.07. The molecule has 0 saturated carbocycles. The van der Waals surface area contributed by atoms with Crippen LogP contribution in [-0.2, 0) is 0 Å². The second-order valence-electron chi connectivity index (χ2n) is 3.85. The van der Waals surface area contributed by atoms with Gasteiger partial charge in [0.05, 0.1) is 11.1 Å². The number of amides is 1. The molecule has 0 aromatic heterocycles. The molecule has 0 spiro atoms. The fraction of sp³-hybridized carbons (Fsp3) is 0.250. The average Bonchev–Trinajstić information content (AvgIpc) is 2.16. The highest BCUT2D eigenvalue weighted by Crippen LogP contribution is 2.15. The van der Waals surface area contributed by atoms with Gasteiger partial charge in [0.15, 0.2) is 0 Å². The third-order valence-corrected chi connectivity index (χ3v) is 2.46. The van der Waals surface area contributed by atoms with E-state index in [2.05, 4.69) is 27.2 Å². The van der Waals surface area contributed by atoms with Crippen LogP contribution in [0, 0.1) is 18.2 Å². The first-order valence-electron chi connectivity index (χ1n) is 4.61. The monoisotopic (exact) mass is 283 g/mol. The number of terminal acetylenes is 1. The molecule has 1 amide bonds. The molecule has 16 heavy (non-hydrogen) atoms. The Labute approximate surface area is 102 Å². The van der Waals surface area contributed by atoms with Crippen LogP contribution in [0.2, 0.25) is 0 Å². The second-order valence-corrected chi connectivity index (χ2v) is 4.76. The van der Waals surface area contributed by atoms with E-state index < -0.39 is 17.3 Å². The van der Waals surface area contributed by atoms with Crippen molar-refractivity contribution < 1.29 is 9.18 Å². The highest BCUT2D eigenvalue weighted by molar-refractivity contribution is 9.10. The molecule has 0 heterocycles. The highest BCUT2D eigenvalue weighted by atomic mass is 79.9. The van der Waals surface area contributed by atoms with E-state index in [0.29, 0.717) is 4.47 Å². The van der Waals surface area contributed by atoms with Crippen LogP contribution in [0.1, 0.15) is 24.2 Å². The van der Waals surface area contributed by atoms with Crippen molar-refractivity contribution in [1.82, 2.24) is 5.32 Å². The molecule has 1 rings (SSSR count). The summed E-state index contributed by atoms with van der Waals surface area (Å²) in [4.78, 5) is 11.7. The van der Waals surface area contributed by atoms with Crippen molar-refractivity contribution in [1.29, 1.82) is 0 Å². The Morgan fingerprint density at radius 1 is 1.56 bits per heavy atom. The Bertz CT molecular complexity index is 463. The standard InChI is InChI=1S/C12H11BrFNO/c1-4-12(2,3)15-11(16)9-6-5-8(13)7-10(9)14/h1,5-7H,2-3H3,(H,15,16). The second kappa shape index (κ2) is 4.67. The van der Waals surface area contributed by atoms with Gasteiger partial charge in [0.25, 0.3) is 5.91 Å². The van der Waals surface area contributed by atoms with Gasteiger partial charge in [0, 0.05) is 4.47 Å². The van der Waals surface area contributed by atoms with Crippen LogP contribution in [0.15, 0.2) is 22.7 Å². The predicted octanol–water partition coefficient (Wildman–Crippen LogP) is 2.73. The van der Waals surface area contributed by atoms with Gasteiger partial charge < -0.3 is 5.32 Å². The minimum Gasteiger partial charge on any atom is -0.336 e. The van der Waals surface area contributed by atoms with E-state index in [-0.39, 0.29) is 5.56 Å². The molecule has 0 bridgehead atoms. The summed E-state index contributed by atoms with van der Waals surface area (Å²) in [5, 5.41) is 2.55. The van der Waals surface area contributed by atoms with E-state index in [1.54, 1.807) is 19.9 Å². The summed E-state index contributed by atoms with van der Waals surface area (Å²) in [6.07, 6.45) is 5.23. The van der Waals surface area contributed by atoms with Crippen LogP contribution >= 0.6 is 15.9 Å². The minimum absolute atomic E-state index is 0.0217. The molecule has 84 valence electrons. The van der Waals surface area contributed by atoms with Crippen LogP contribution in [0.25, 0.3) is 0 Å². The number of hydrogen-bond acceptors (Lipinski definition) is 1. The quantitative estimate of drug-likeness (QED) is 0.831. The van der Waals surface area contributed by atoms with Crippen molar-refractivity contribution in [3.05, 3.63) is 34.1 Å². The molecule has 0 atom stereocenters. The molecule has 0 fully saturated rings. The molecule has 0 aliphatic rings. The Hall–Kier alpha value is -1.34. The van der Waals surface area contributed by atoms with E-state index in [4.69, 9.17) is 6.42 Å². The summed E-state index contributed by atoms with van der Waals surface area (Å²) in [6, 6.07) is 4.24. The van der Waals surface area contributed by atoms with Crippen LogP contribution in [-0.4, -0.2) is 11.4 Å². The van der Waals surface area contributed by atoms with Crippen molar-refractivity contribution in [2.75, 3.05) is 0 Å². The SMILES string of the molecule is C#CC(C)(C)NC(=O)c1ccc(Br)cc1F. The van der Waals surface area contributed by atoms with E-state index in [1.165, 1.54) is 12.1 Å². The summed E-state index contributed by atoms with van der Waals surface area (Å²) in [6.45, 7) is 3.34. The molecule has 0 aliphatic carbocycles. The van der Waals surface area contributed by atoms with E-state index in [9.17, 15) is 9.18 Å². The first-order valence-corrected chi connectivity index (χ1v) is 5.40. The lowest BCUT2D eigenvalue weighted by molar-refractivity contribution is 0.0926. The molecule has 1 N–H and O–H groups in total. The lowest BCUT2D eigenvalue weighted by atomic mass is 10.1. The largest absolute Gasteiger partial charge is 0.336 e. The molecular weight excluding hydrogens is 273 g/mol. The van der Waals surface area contributed by atoms with Crippen LogP contribution in [0.5, 0.6) is 0 Å². The number of nitrogens with one attached hydrogen (secondary N) is 1. The fourth-order valence-corrected chi connectivity index (χ4v) is 1.39. The first kappa shape index (κ1) is 12.7. The zero-order chi connectivity index (χ0) is 12.3. The lowest BCUT2D eigenvalue weighted by Crippen LogP contribution is -2.42. The van der Waals surface area contributed by atoms with Crippen molar-refractivity contribution in [2.45, 2.75) is 19.4 Å². The van der Waals surface area contributed by atoms with E-state index in [0.717, 1.165) is 0 Å². The van der Waals surface area contributed by atoms with Gasteiger partial charge in [-0.3, -0.25) is 4.79 Å². The molecule has 0 radical (unpaired) electrons. The van der Waals surface area contributed by atoms with Gasteiger partial charge >= 0.3 is 0 Å². The van der Waals surface area contributed by atoms with E-state index >= 15 is 0 Å². The molecule has 0 aliphatic heterocycles. The summed E-state index contributed by atoms with van der Waals surface area (Å²) < 4.78 is 14.0. The molecule has 1 aromatic rings.